The fourth-order valence-electron chi connectivity index (χ4n) is 1.01. The number of nitrogens with zero attached hydrogens (tertiary/aromatic N) is 1. The van der Waals surface area contributed by atoms with Crippen LogP contribution in [0.1, 0.15) is 24.3 Å². The summed E-state index contributed by atoms with van der Waals surface area (Å²) in [5, 5.41) is 9.08. The van der Waals surface area contributed by atoms with Gasteiger partial charge in [0.2, 0.25) is 0 Å². The minimum atomic E-state index is -4.50. The summed E-state index contributed by atoms with van der Waals surface area (Å²) < 4.78 is 37.5. The highest BCUT2D eigenvalue weighted by atomic mass is 79.9. The van der Waals surface area contributed by atoms with E-state index in [1.165, 1.54) is 13.1 Å². The van der Waals surface area contributed by atoms with Gasteiger partial charge in [0.05, 0.1) is 17.4 Å². The Morgan fingerprint density at radius 1 is 1.50 bits per heavy atom. The van der Waals surface area contributed by atoms with Crippen LogP contribution in [0, 0.1) is 0 Å². The second kappa shape index (κ2) is 3.86. The summed E-state index contributed by atoms with van der Waals surface area (Å²) >= 11 is 2.89. The van der Waals surface area contributed by atoms with Crippen molar-refractivity contribution >= 4 is 15.9 Å². The summed E-state index contributed by atoms with van der Waals surface area (Å²) in [6.07, 6.45) is -4.51. The van der Waals surface area contributed by atoms with E-state index in [-0.39, 0.29) is 10.2 Å². The van der Waals surface area contributed by atoms with Gasteiger partial charge in [-0.25, -0.2) is 0 Å². The van der Waals surface area contributed by atoms with Crippen molar-refractivity contribution in [1.29, 1.82) is 0 Å². The van der Waals surface area contributed by atoms with Gasteiger partial charge in [0.25, 0.3) is 0 Å². The molecule has 0 bridgehead atoms. The minimum Gasteiger partial charge on any atom is -0.387 e. The molecule has 1 N–H and O–H groups in total. The molecule has 2 nitrogen and oxygen atoms in total. The molecule has 1 aromatic heterocycles. The number of aromatic nitrogens is 1. The monoisotopic (exact) mass is 269 g/mol. The van der Waals surface area contributed by atoms with E-state index in [9.17, 15) is 13.2 Å². The molecule has 6 heteroatoms. The lowest BCUT2D eigenvalue weighted by Crippen LogP contribution is -2.12. The number of aliphatic hydroxyl groups excluding tert-OH is 1. The van der Waals surface area contributed by atoms with Crippen LogP contribution in [0.25, 0.3) is 0 Å². The van der Waals surface area contributed by atoms with Gasteiger partial charge in [0.15, 0.2) is 0 Å². The number of hydrogen-bond acceptors (Lipinski definition) is 2. The Morgan fingerprint density at radius 3 is 2.50 bits per heavy atom. The van der Waals surface area contributed by atoms with Gasteiger partial charge in [-0.05, 0) is 28.9 Å². The quantitative estimate of drug-likeness (QED) is 0.851. The van der Waals surface area contributed by atoms with Crippen LogP contribution in [0.2, 0.25) is 0 Å². The molecule has 0 fully saturated rings. The van der Waals surface area contributed by atoms with Gasteiger partial charge < -0.3 is 5.11 Å². The van der Waals surface area contributed by atoms with E-state index in [4.69, 9.17) is 5.11 Å². The topological polar surface area (TPSA) is 33.1 Å². The van der Waals surface area contributed by atoms with Crippen molar-refractivity contribution in [3.8, 4) is 0 Å². The Morgan fingerprint density at radius 2 is 2.07 bits per heavy atom. The first kappa shape index (κ1) is 11.5. The summed E-state index contributed by atoms with van der Waals surface area (Å²) in [5.74, 6) is 0. The molecule has 0 saturated carbocycles. The molecule has 1 aromatic rings. The molecular formula is C8H7BrF3NO. The zero-order valence-electron chi connectivity index (χ0n) is 7.14. The lowest BCUT2D eigenvalue weighted by molar-refractivity contribution is -0.139. The molecule has 0 amide bonds. The minimum absolute atomic E-state index is 0.231. The lowest BCUT2D eigenvalue weighted by Gasteiger charge is -2.13. The Labute approximate surface area is 86.9 Å². The number of aliphatic hydroxyl groups is 1. The van der Waals surface area contributed by atoms with Crippen molar-refractivity contribution in [3.05, 3.63) is 28.0 Å². The SMILES string of the molecule is CC(O)c1ncc(Br)cc1C(F)(F)F. The van der Waals surface area contributed by atoms with Crippen LogP contribution in [0.15, 0.2) is 16.7 Å². The van der Waals surface area contributed by atoms with Crippen LogP contribution >= 0.6 is 15.9 Å². The normalized spacial score (nSPS) is 14.1. The smallest absolute Gasteiger partial charge is 0.387 e. The predicted molar refractivity (Wildman–Crippen MR) is 47.6 cm³/mol. The Balaban J connectivity index is 3.30. The fraction of sp³-hybridized carbons (Fsp3) is 0.375. The van der Waals surface area contributed by atoms with Gasteiger partial charge in [-0.15, -0.1) is 0 Å². The van der Waals surface area contributed by atoms with Gasteiger partial charge in [-0.3, -0.25) is 4.98 Å². The highest BCUT2D eigenvalue weighted by molar-refractivity contribution is 9.10. The molecule has 1 atom stereocenters. The molecule has 0 aliphatic rings. The van der Waals surface area contributed by atoms with Crippen LogP contribution in [-0.2, 0) is 6.18 Å². The third-order valence-corrected chi connectivity index (χ3v) is 2.02. The number of pyridine rings is 1. The first-order valence-electron chi connectivity index (χ1n) is 3.73. The first-order valence-corrected chi connectivity index (χ1v) is 4.52. The summed E-state index contributed by atoms with van der Waals surface area (Å²) in [6, 6.07) is 0.898. The van der Waals surface area contributed by atoms with Crippen molar-refractivity contribution in [2.45, 2.75) is 19.2 Å². The second-order valence-electron chi connectivity index (χ2n) is 2.76. The highest BCUT2D eigenvalue weighted by Crippen LogP contribution is 2.34. The van der Waals surface area contributed by atoms with E-state index >= 15 is 0 Å². The van der Waals surface area contributed by atoms with Crippen LogP contribution in [0.4, 0.5) is 13.2 Å². The van der Waals surface area contributed by atoms with Crippen molar-refractivity contribution < 1.29 is 18.3 Å². The standard InChI is InChI=1S/C8H7BrF3NO/c1-4(14)7-6(8(10,11)12)2-5(9)3-13-7/h2-4,14H,1H3. The third-order valence-electron chi connectivity index (χ3n) is 1.59. The average Bonchev–Trinajstić information content (AvgIpc) is 2.01. The number of hydrogen-bond donors (Lipinski definition) is 1. The lowest BCUT2D eigenvalue weighted by atomic mass is 10.1. The van der Waals surface area contributed by atoms with Crippen LogP contribution in [0.5, 0.6) is 0 Å². The van der Waals surface area contributed by atoms with Crippen LogP contribution in [-0.4, -0.2) is 10.1 Å². The predicted octanol–water partition coefficient (Wildman–Crippen LogP) is 2.92. The molecule has 0 saturated heterocycles. The fourth-order valence-corrected chi connectivity index (χ4v) is 1.34. The first-order chi connectivity index (χ1) is 6.32. The highest BCUT2D eigenvalue weighted by Gasteiger charge is 2.35. The van der Waals surface area contributed by atoms with E-state index < -0.39 is 17.8 Å². The molecule has 1 unspecified atom stereocenters. The molecule has 1 heterocycles. The molecule has 0 aromatic carbocycles. The van der Waals surface area contributed by atoms with Crippen molar-refractivity contribution in [2.24, 2.45) is 0 Å². The largest absolute Gasteiger partial charge is 0.418 e. The maximum atomic E-state index is 12.4. The summed E-state index contributed by atoms with van der Waals surface area (Å²) in [5.41, 5.74) is -1.28. The molecule has 1 rings (SSSR count). The van der Waals surface area contributed by atoms with E-state index in [1.807, 2.05) is 0 Å². The summed E-state index contributed by atoms with van der Waals surface area (Å²) in [4.78, 5) is 3.53. The van der Waals surface area contributed by atoms with Gasteiger partial charge >= 0.3 is 6.18 Å². The molecule has 0 aliphatic heterocycles. The van der Waals surface area contributed by atoms with Crippen molar-refractivity contribution in [1.82, 2.24) is 4.98 Å². The van der Waals surface area contributed by atoms with E-state index in [0.717, 1.165) is 6.07 Å². The molecule has 0 spiro atoms. The van der Waals surface area contributed by atoms with Gasteiger partial charge in [0.1, 0.15) is 0 Å². The van der Waals surface area contributed by atoms with E-state index in [1.54, 1.807) is 0 Å². The van der Waals surface area contributed by atoms with Crippen LogP contribution in [0.3, 0.4) is 0 Å². The van der Waals surface area contributed by atoms with E-state index in [0.29, 0.717) is 0 Å². The van der Waals surface area contributed by atoms with E-state index in [2.05, 4.69) is 20.9 Å². The number of rotatable bonds is 1. The van der Waals surface area contributed by atoms with Gasteiger partial charge in [-0.1, -0.05) is 0 Å². The van der Waals surface area contributed by atoms with Gasteiger partial charge in [0, 0.05) is 10.7 Å². The Bertz CT molecular complexity index is 338. The summed E-state index contributed by atoms with van der Waals surface area (Å²) in [7, 11) is 0. The molecule has 78 valence electrons. The molecule has 14 heavy (non-hydrogen) atoms. The summed E-state index contributed by atoms with van der Waals surface area (Å²) in [6.45, 7) is 1.24. The zero-order chi connectivity index (χ0) is 10.9. The maximum Gasteiger partial charge on any atom is 0.418 e. The molecule has 0 radical (unpaired) electrons. The Kier molecular flexibility index (Phi) is 3.16. The number of halogens is 4. The Hall–Kier alpha value is -0.620. The second-order valence-corrected chi connectivity index (χ2v) is 3.68. The van der Waals surface area contributed by atoms with Crippen molar-refractivity contribution in [2.75, 3.05) is 0 Å². The van der Waals surface area contributed by atoms with Crippen molar-refractivity contribution in [3.63, 3.8) is 0 Å². The molecule has 0 aliphatic carbocycles. The average molecular weight is 270 g/mol. The third kappa shape index (κ3) is 2.45. The maximum absolute atomic E-state index is 12.4. The number of alkyl halides is 3. The molecular weight excluding hydrogens is 263 g/mol. The van der Waals surface area contributed by atoms with Gasteiger partial charge in [-0.2, -0.15) is 13.2 Å². The zero-order valence-corrected chi connectivity index (χ0v) is 8.72. The van der Waals surface area contributed by atoms with Crippen LogP contribution < -0.4 is 0 Å².